The van der Waals surface area contributed by atoms with Crippen LogP contribution in [0.2, 0.25) is 0 Å². The highest BCUT2D eigenvalue weighted by Crippen LogP contribution is 2.34. The predicted octanol–water partition coefficient (Wildman–Crippen LogP) is 0.888. The molecule has 0 saturated carbocycles. The van der Waals surface area contributed by atoms with E-state index < -0.39 is 23.8 Å². The maximum Gasteiger partial charge on any atom is 0.266 e. The Labute approximate surface area is 168 Å². The van der Waals surface area contributed by atoms with E-state index in [4.69, 9.17) is 4.74 Å². The van der Waals surface area contributed by atoms with E-state index in [0.717, 1.165) is 30.8 Å². The summed E-state index contributed by atoms with van der Waals surface area (Å²) in [5.41, 5.74) is 0.452. The van der Waals surface area contributed by atoms with Crippen LogP contribution in [0.1, 0.15) is 46.4 Å². The van der Waals surface area contributed by atoms with Crippen molar-refractivity contribution < 1.29 is 23.9 Å². The Bertz CT molecular complexity index is 822. The van der Waals surface area contributed by atoms with Crippen LogP contribution in [0.15, 0.2) is 18.2 Å². The highest BCUT2D eigenvalue weighted by molar-refractivity contribution is 6.24. The van der Waals surface area contributed by atoms with E-state index >= 15 is 0 Å². The minimum atomic E-state index is -0.965. The lowest BCUT2D eigenvalue weighted by atomic mass is 9.99. The Kier molecular flexibility index (Phi) is 6.00. The number of hydrogen-bond donors (Lipinski definition) is 2. The van der Waals surface area contributed by atoms with Gasteiger partial charge in [-0.2, -0.15) is 0 Å². The average molecular weight is 408 g/mol. The summed E-state index contributed by atoms with van der Waals surface area (Å²) in [6.07, 6.45) is 2.25. The van der Waals surface area contributed by atoms with Gasteiger partial charge in [0, 0.05) is 6.42 Å². The summed E-state index contributed by atoms with van der Waals surface area (Å²) in [5.74, 6) is -1.28. The van der Waals surface area contributed by atoms with E-state index in [1.165, 1.54) is 0 Å². The van der Waals surface area contributed by atoms with Gasteiger partial charge in [0.05, 0.1) is 17.7 Å². The summed E-state index contributed by atoms with van der Waals surface area (Å²) >= 11 is 0. The van der Waals surface area contributed by atoms with Crippen molar-refractivity contribution in [1.29, 1.82) is 0 Å². The number of rotatable bonds is 4. The molecular weight excluding hydrogens is 386 g/mol. The standard InChI is InChI=1S/C19H21N3O5.ClH/c23-15-5-4-13(17(24)21-15)22-18(25)12-2-1-3-14(16(12)19(22)26)27-10-11-6-8-20-9-7-11;/h1-3,11,13,20H,4-10H2,(H,21,23,24);1H. The molecule has 2 N–H and O–H groups in total. The van der Waals surface area contributed by atoms with Crippen molar-refractivity contribution in [3.05, 3.63) is 29.3 Å². The molecule has 28 heavy (non-hydrogen) atoms. The first kappa shape index (κ1) is 20.3. The maximum absolute atomic E-state index is 13.0. The van der Waals surface area contributed by atoms with Crippen LogP contribution in [0, 0.1) is 5.92 Å². The van der Waals surface area contributed by atoms with Crippen LogP contribution in [-0.4, -0.2) is 54.3 Å². The number of nitrogens with one attached hydrogen (secondary N) is 2. The highest BCUT2D eigenvalue weighted by atomic mass is 35.5. The third-order valence-electron chi connectivity index (χ3n) is 5.36. The highest BCUT2D eigenvalue weighted by Gasteiger charge is 2.46. The molecular formula is C19H22ClN3O5. The van der Waals surface area contributed by atoms with E-state index in [2.05, 4.69) is 10.6 Å². The fourth-order valence-corrected chi connectivity index (χ4v) is 3.86. The summed E-state index contributed by atoms with van der Waals surface area (Å²) in [4.78, 5) is 50.2. The van der Waals surface area contributed by atoms with E-state index in [0.29, 0.717) is 18.3 Å². The molecule has 2 fully saturated rings. The van der Waals surface area contributed by atoms with Crippen molar-refractivity contribution in [1.82, 2.24) is 15.5 Å². The Morgan fingerprint density at radius 2 is 1.79 bits per heavy atom. The van der Waals surface area contributed by atoms with E-state index in [-0.39, 0.29) is 42.3 Å². The molecule has 3 heterocycles. The van der Waals surface area contributed by atoms with Gasteiger partial charge in [0.2, 0.25) is 11.8 Å². The molecule has 2 saturated heterocycles. The molecule has 3 aliphatic heterocycles. The number of hydrogen-bond acceptors (Lipinski definition) is 6. The Hall–Kier alpha value is -2.45. The molecule has 0 spiro atoms. The van der Waals surface area contributed by atoms with Crippen LogP contribution < -0.4 is 15.4 Å². The Balaban J connectivity index is 0.00000225. The molecule has 0 aliphatic carbocycles. The van der Waals surface area contributed by atoms with E-state index in [1.54, 1.807) is 18.2 Å². The van der Waals surface area contributed by atoms with E-state index in [1.807, 2.05) is 0 Å². The summed E-state index contributed by atoms with van der Waals surface area (Å²) in [6.45, 7) is 2.38. The van der Waals surface area contributed by atoms with Crippen LogP contribution in [0.5, 0.6) is 5.75 Å². The van der Waals surface area contributed by atoms with Crippen molar-refractivity contribution in [2.45, 2.75) is 31.7 Å². The number of carbonyl (C=O) groups is 4. The SMILES string of the molecule is Cl.O=C1CCC(N2C(=O)c3cccc(OCC4CCNCC4)c3C2=O)C(=O)N1. The molecule has 150 valence electrons. The smallest absolute Gasteiger partial charge is 0.266 e. The topological polar surface area (TPSA) is 105 Å². The quantitative estimate of drug-likeness (QED) is 0.718. The molecule has 9 heteroatoms. The molecule has 0 aromatic heterocycles. The van der Waals surface area contributed by atoms with Gasteiger partial charge in [-0.25, -0.2) is 0 Å². The molecule has 1 unspecified atom stereocenters. The van der Waals surface area contributed by atoms with Crippen molar-refractivity contribution in [3.63, 3.8) is 0 Å². The lowest BCUT2D eigenvalue weighted by Gasteiger charge is -2.27. The van der Waals surface area contributed by atoms with Crippen LogP contribution in [0.3, 0.4) is 0 Å². The fourth-order valence-electron chi connectivity index (χ4n) is 3.86. The molecule has 1 aromatic rings. The van der Waals surface area contributed by atoms with Gasteiger partial charge >= 0.3 is 0 Å². The molecule has 3 aliphatic rings. The Morgan fingerprint density at radius 1 is 1.04 bits per heavy atom. The zero-order valence-electron chi connectivity index (χ0n) is 15.2. The van der Waals surface area contributed by atoms with Crippen LogP contribution in [0.25, 0.3) is 0 Å². The molecule has 4 rings (SSSR count). The number of fused-ring (bicyclic) bond motifs is 1. The molecule has 0 bridgehead atoms. The van der Waals surface area contributed by atoms with Gasteiger partial charge in [-0.3, -0.25) is 29.4 Å². The van der Waals surface area contributed by atoms with Crippen LogP contribution >= 0.6 is 12.4 Å². The number of nitrogens with zero attached hydrogens (tertiary/aromatic N) is 1. The zero-order valence-corrected chi connectivity index (χ0v) is 16.0. The molecule has 0 radical (unpaired) electrons. The Morgan fingerprint density at radius 3 is 2.50 bits per heavy atom. The summed E-state index contributed by atoms with van der Waals surface area (Å²) in [6, 6.07) is 3.96. The summed E-state index contributed by atoms with van der Waals surface area (Å²) < 4.78 is 5.90. The van der Waals surface area contributed by atoms with Gasteiger partial charge in [-0.1, -0.05) is 6.07 Å². The number of piperidine rings is 2. The number of benzene rings is 1. The molecule has 8 nitrogen and oxygen atoms in total. The van der Waals surface area contributed by atoms with E-state index in [9.17, 15) is 19.2 Å². The van der Waals surface area contributed by atoms with Gasteiger partial charge in [-0.05, 0) is 50.4 Å². The minimum absolute atomic E-state index is 0. The zero-order chi connectivity index (χ0) is 19.0. The van der Waals surface area contributed by atoms with Gasteiger partial charge in [0.1, 0.15) is 11.8 Å². The predicted molar refractivity (Wildman–Crippen MR) is 101 cm³/mol. The van der Waals surface area contributed by atoms with Gasteiger partial charge in [-0.15, -0.1) is 12.4 Å². The summed E-state index contributed by atoms with van der Waals surface area (Å²) in [5, 5.41) is 5.49. The molecule has 4 amide bonds. The second-order valence-corrected chi connectivity index (χ2v) is 7.13. The first-order valence-corrected chi connectivity index (χ1v) is 9.24. The lowest BCUT2D eigenvalue weighted by Crippen LogP contribution is -2.54. The number of amides is 4. The lowest BCUT2D eigenvalue weighted by molar-refractivity contribution is -0.136. The molecule has 1 atom stereocenters. The van der Waals surface area contributed by atoms with Crippen molar-refractivity contribution >= 4 is 36.0 Å². The van der Waals surface area contributed by atoms with Gasteiger partial charge < -0.3 is 10.1 Å². The van der Waals surface area contributed by atoms with Crippen LogP contribution in [0.4, 0.5) is 0 Å². The van der Waals surface area contributed by atoms with Crippen LogP contribution in [-0.2, 0) is 9.59 Å². The van der Waals surface area contributed by atoms with Gasteiger partial charge in [0.15, 0.2) is 0 Å². The normalized spacial score (nSPS) is 22.6. The monoisotopic (exact) mass is 407 g/mol. The molecule has 1 aromatic carbocycles. The second-order valence-electron chi connectivity index (χ2n) is 7.13. The minimum Gasteiger partial charge on any atom is -0.492 e. The number of imide groups is 2. The number of halogens is 1. The number of carbonyl (C=O) groups excluding carboxylic acids is 4. The average Bonchev–Trinajstić information content (AvgIpc) is 2.93. The van der Waals surface area contributed by atoms with Gasteiger partial charge in [0.25, 0.3) is 11.8 Å². The first-order chi connectivity index (χ1) is 13.1. The number of ether oxygens (including phenoxy) is 1. The largest absolute Gasteiger partial charge is 0.492 e. The third kappa shape index (κ3) is 3.62. The van der Waals surface area contributed by atoms with Crippen molar-refractivity contribution in [3.8, 4) is 5.75 Å². The van der Waals surface area contributed by atoms with Crippen molar-refractivity contribution in [2.75, 3.05) is 19.7 Å². The first-order valence-electron chi connectivity index (χ1n) is 9.24. The van der Waals surface area contributed by atoms with Crippen molar-refractivity contribution in [2.24, 2.45) is 5.92 Å². The maximum atomic E-state index is 13.0. The fraction of sp³-hybridized carbons (Fsp3) is 0.474. The second kappa shape index (κ2) is 8.28. The summed E-state index contributed by atoms with van der Waals surface area (Å²) in [7, 11) is 0. The third-order valence-corrected chi connectivity index (χ3v) is 5.36.